The van der Waals surface area contributed by atoms with Crippen LogP contribution in [-0.2, 0) is 0 Å². The summed E-state index contributed by atoms with van der Waals surface area (Å²) in [5.41, 5.74) is 7.20. The van der Waals surface area contributed by atoms with E-state index in [4.69, 9.17) is 5.73 Å². The van der Waals surface area contributed by atoms with Crippen molar-refractivity contribution in [1.82, 2.24) is 25.3 Å². The van der Waals surface area contributed by atoms with Gasteiger partial charge in [0, 0.05) is 36.2 Å². The molecule has 1 atom stereocenters. The molecule has 1 aromatic carbocycles. The summed E-state index contributed by atoms with van der Waals surface area (Å²) in [5, 5.41) is 9.85. The quantitative estimate of drug-likeness (QED) is 0.472. The topological polar surface area (TPSA) is 131 Å². The number of rotatable bonds is 6. The van der Waals surface area contributed by atoms with Crippen LogP contribution in [-0.4, -0.2) is 45.0 Å². The Morgan fingerprint density at radius 1 is 1.13 bits per heavy atom. The maximum absolute atomic E-state index is 11.8. The third-order valence-electron chi connectivity index (χ3n) is 4.63. The molecular weight excluding hydrogens is 404 g/mol. The van der Waals surface area contributed by atoms with Crippen LogP contribution in [0, 0.1) is 0 Å². The van der Waals surface area contributed by atoms with Crippen molar-refractivity contribution in [2.75, 3.05) is 23.7 Å². The Morgan fingerprint density at radius 2 is 1.90 bits per heavy atom. The van der Waals surface area contributed by atoms with E-state index in [-0.39, 0.29) is 24.1 Å². The van der Waals surface area contributed by atoms with Gasteiger partial charge in [-0.1, -0.05) is 0 Å². The Labute approximate surface area is 180 Å². The van der Waals surface area contributed by atoms with E-state index in [9.17, 15) is 4.79 Å². The van der Waals surface area contributed by atoms with Gasteiger partial charge in [0.05, 0.1) is 6.20 Å². The molecule has 4 rings (SSSR count). The Kier molecular flexibility index (Phi) is 7.10. The fourth-order valence-corrected chi connectivity index (χ4v) is 3.20. The number of amides is 1. The number of hydrogen-bond acceptors (Lipinski definition) is 8. The van der Waals surface area contributed by atoms with Crippen LogP contribution >= 0.6 is 12.4 Å². The van der Waals surface area contributed by atoms with E-state index in [1.807, 2.05) is 24.3 Å². The predicted octanol–water partition coefficient (Wildman–Crippen LogP) is 2.36. The van der Waals surface area contributed by atoms with Gasteiger partial charge in [0.1, 0.15) is 5.82 Å². The van der Waals surface area contributed by atoms with Crippen molar-refractivity contribution >= 4 is 35.6 Å². The first-order chi connectivity index (χ1) is 14.2. The number of nitrogens with zero attached hydrogens (tertiary/aromatic N) is 4. The molecule has 0 radical (unpaired) electrons. The normalized spacial score (nSPS) is 15.7. The average Bonchev–Trinajstić information content (AvgIpc) is 2.76. The van der Waals surface area contributed by atoms with Gasteiger partial charge in [-0.2, -0.15) is 0 Å². The molecule has 3 heterocycles. The van der Waals surface area contributed by atoms with Gasteiger partial charge in [-0.05, 0) is 49.7 Å². The van der Waals surface area contributed by atoms with Crippen molar-refractivity contribution in [3.63, 3.8) is 0 Å². The molecule has 0 aliphatic carbocycles. The molecule has 0 spiro atoms. The number of nitrogens with one attached hydrogen (secondary N) is 3. The highest BCUT2D eigenvalue weighted by Crippen LogP contribution is 2.23. The van der Waals surface area contributed by atoms with Crippen LogP contribution in [0.15, 0.2) is 48.9 Å². The van der Waals surface area contributed by atoms with Crippen LogP contribution in [0.2, 0.25) is 0 Å². The largest absolute Gasteiger partial charge is 0.365 e. The van der Waals surface area contributed by atoms with Gasteiger partial charge in [0.2, 0.25) is 0 Å². The highest BCUT2D eigenvalue weighted by atomic mass is 35.5. The SMILES string of the molecule is Cl.NC(=O)c1ncc(N[C@H]2CCCNC2)nc1Nc1ccc(-c2ncccn2)cc1. The molecule has 3 aromatic rings. The monoisotopic (exact) mass is 426 g/mol. The van der Waals surface area contributed by atoms with E-state index in [0.29, 0.717) is 17.5 Å². The van der Waals surface area contributed by atoms with Crippen molar-refractivity contribution in [3.8, 4) is 11.4 Å². The van der Waals surface area contributed by atoms with Crippen molar-refractivity contribution in [2.45, 2.75) is 18.9 Å². The molecule has 2 aromatic heterocycles. The van der Waals surface area contributed by atoms with Gasteiger partial charge >= 0.3 is 0 Å². The average molecular weight is 427 g/mol. The van der Waals surface area contributed by atoms with Crippen molar-refractivity contribution in [3.05, 3.63) is 54.6 Å². The summed E-state index contributed by atoms with van der Waals surface area (Å²) in [6.45, 7) is 1.90. The maximum atomic E-state index is 11.8. The first-order valence-corrected chi connectivity index (χ1v) is 9.47. The number of aromatic nitrogens is 4. The minimum absolute atomic E-state index is 0. The van der Waals surface area contributed by atoms with E-state index >= 15 is 0 Å². The molecule has 0 unspecified atom stereocenters. The number of benzene rings is 1. The smallest absolute Gasteiger partial charge is 0.271 e. The summed E-state index contributed by atoms with van der Waals surface area (Å²) in [6.07, 6.45) is 7.09. The van der Waals surface area contributed by atoms with E-state index < -0.39 is 5.91 Å². The molecule has 9 nitrogen and oxygen atoms in total. The molecule has 1 saturated heterocycles. The Morgan fingerprint density at radius 3 is 2.57 bits per heavy atom. The molecule has 0 saturated carbocycles. The standard InChI is InChI=1S/C20H22N8O.ClH/c21-18(29)17-20(28-16(12-25-17)26-15-3-1-8-22-11-15)27-14-6-4-13(5-7-14)19-23-9-2-10-24-19;/h2,4-7,9-10,12,15,22H,1,3,8,11H2,(H2,21,29)(H2,26,27,28);1H/t15-;/m0./s1. The van der Waals surface area contributed by atoms with Crippen LogP contribution in [0.25, 0.3) is 11.4 Å². The number of primary amides is 1. The number of piperidine rings is 1. The lowest BCUT2D eigenvalue weighted by Crippen LogP contribution is -2.38. The molecule has 1 aliphatic rings. The molecular formula is C20H23ClN8O. The second-order valence-electron chi connectivity index (χ2n) is 6.78. The minimum atomic E-state index is -0.639. The summed E-state index contributed by atoms with van der Waals surface area (Å²) in [5.74, 6) is 0.916. The lowest BCUT2D eigenvalue weighted by Gasteiger charge is -2.24. The van der Waals surface area contributed by atoms with Gasteiger partial charge in [0.25, 0.3) is 5.91 Å². The Balaban J connectivity index is 0.00000256. The van der Waals surface area contributed by atoms with Crippen molar-refractivity contribution < 1.29 is 4.79 Å². The van der Waals surface area contributed by atoms with E-state index in [1.54, 1.807) is 18.5 Å². The van der Waals surface area contributed by atoms with Crippen molar-refractivity contribution in [1.29, 1.82) is 0 Å². The number of carbonyl (C=O) groups is 1. The van der Waals surface area contributed by atoms with E-state index in [2.05, 4.69) is 35.9 Å². The summed E-state index contributed by atoms with van der Waals surface area (Å²) in [6, 6.07) is 9.56. The third kappa shape index (κ3) is 5.19. The van der Waals surface area contributed by atoms with Gasteiger partial charge in [0.15, 0.2) is 17.3 Å². The molecule has 30 heavy (non-hydrogen) atoms. The van der Waals surface area contributed by atoms with Crippen molar-refractivity contribution in [2.24, 2.45) is 5.73 Å². The predicted molar refractivity (Wildman–Crippen MR) is 118 cm³/mol. The highest BCUT2D eigenvalue weighted by molar-refractivity contribution is 5.96. The van der Waals surface area contributed by atoms with Crippen LogP contribution < -0.4 is 21.7 Å². The fraction of sp³-hybridized carbons (Fsp3) is 0.250. The summed E-state index contributed by atoms with van der Waals surface area (Å²) >= 11 is 0. The zero-order valence-electron chi connectivity index (χ0n) is 16.2. The van der Waals surface area contributed by atoms with Gasteiger partial charge in [-0.3, -0.25) is 4.79 Å². The molecule has 156 valence electrons. The lowest BCUT2D eigenvalue weighted by molar-refractivity contribution is 0.0996. The number of nitrogens with two attached hydrogens (primary N) is 1. The fourth-order valence-electron chi connectivity index (χ4n) is 3.20. The highest BCUT2D eigenvalue weighted by Gasteiger charge is 2.17. The van der Waals surface area contributed by atoms with E-state index in [0.717, 1.165) is 37.2 Å². The maximum Gasteiger partial charge on any atom is 0.271 e. The zero-order valence-corrected chi connectivity index (χ0v) is 17.0. The molecule has 1 amide bonds. The second-order valence-corrected chi connectivity index (χ2v) is 6.78. The number of anilines is 3. The molecule has 10 heteroatoms. The summed E-state index contributed by atoms with van der Waals surface area (Å²) < 4.78 is 0. The zero-order chi connectivity index (χ0) is 20.1. The Hall–Kier alpha value is -3.30. The first-order valence-electron chi connectivity index (χ1n) is 9.47. The molecule has 5 N–H and O–H groups in total. The van der Waals surface area contributed by atoms with Crippen LogP contribution in [0.3, 0.4) is 0 Å². The van der Waals surface area contributed by atoms with Crippen LogP contribution in [0.1, 0.15) is 23.3 Å². The minimum Gasteiger partial charge on any atom is -0.365 e. The van der Waals surface area contributed by atoms with Crippen LogP contribution in [0.4, 0.5) is 17.3 Å². The lowest BCUT2D eigenvalue weighted by atomic mass is 10.1. The molecule has 1 fully saturated rings. The van der Waals surface area contributed by atoms with Crippen LogP contribution in [0.5, 0.6) is 0 Å². The molecule has 0 bridgehead atoms. The van der Waals surface area contributed by atoms with Gasteiger partial charge in [-0.15, -0.1) is 12.4 Å². The third-order valence-corrected chi connectivity index (χ3v) is 4.63. The molecule has 1 aliphatic heterocycles. The van der Waals surface area contributed by atoms with E-state index in [1.165, 1.54) is 6.20 Å². The summed E-state index contributed by atoms with van der Waals surface area (Å²) in [4.78, 5) is 29.0. The Bertz CT molecular complexity index is 978. The van der Waals surface area contributed by atoms with Gasteiger partial charge < -0.3 is 21.7 Å². The first kappa shape index (κ1) is 21.4. The number of hydrogen-bond donors (Lipinski definition) is 4. The van der Waals surface area contributed by atoms with Gasteiger partial charge in [-0.25, -0.2) is 19.9 Å². The number of halogens is 1. The second kappa shape index (κ2) is 9.95. The number of carbonyl (C=O) groups excluding carboxylic acids is 1. The summed E-state index contributed by atoms with van der Waals surface area (Å²) in [7, 11) is 0.